The number of hydrogen-bond acceptors (Lipinski definition) is 2. The van der Waals surface area contributed by atoms with Crippen molar-refractivity contribution in [1.82, 2.24) is 0 Å². The molecule has 1 atom stereocenters. The Hall–Kier alpha value is -2.29. The number of anilines is 2. The Bertz CT molecular complexity index is 663. The second kappa shape index (κ2) is 4.43. The van der Waals surface area contributed by atoms with Gasteiger partial charge in [0.25, 0.3) is 0 Å². The van der Waals surface area contributed by atoms with Gasteiger partial charge in [-0.05, 0) is 22.9 Å². The number of rotatable bonds is 2. The molecule has 3 rings (SSSR count). The van der Waals surface area contributed by atoms with E-state index in [0.717, 1.165) is 16.5 Å². The summed E-state index contributed by atoms with van der Waals surface area (Å²) in [5.41, 5.74) is 7.56. The van der Waals surface area contributed by atoms with E-state index in [9.17, 15) is 4.79 Å². The predicted octanol–water partition coefficient (Wildman–Crippen LogP) is 2.96. The molecule has 2 N–H and O–H groups in total. The molecule has 0 spiro atoms. The zero-order valence-corrected chi connectivity index (χ0v) is 10.7. The zero-order valence-electron chi connectivity index (χ0n) is 10.7. The van der Waals surface area contributed by atoms with E-state index in [1.807, 2.05) is 42.5 Å². The van der Waals surface area contributed by atoms with Crippen molar-refractivity contribution >= 4 is 28.1 Å². The topological polar surface area (TPSA) is 46.3 Å². The quantitative estimate of drug-likeness (QED) is 0.659. The van der Waals surface area contributed by atoms with E-state index in [4.69, 9.17) is 5.73 Å². The average molecular weight is 252 g/mol. The molecule has 1 saturated heterocycles. The Kier molecular flexibility index (Phi) is 2.75. The lowest BCUT2D eigenvalue weighted by atomic mass is 10.1. The van der Waals surface area contributed by atoms with Crippen LogP contribution >= 0.6 is 0 Å². The van der Waals surface area contributed by atoms with Crippen LogP contribution in [0.5, 0.6) is 0 Å². The van der Waals surface area contributed by atoms with Crippen LogP contribution in [0.25, 0.3) is 10.8 Å². The van der Waals surface area contributed by atoms with Crippen molar-refractivity contribution in [2.24, 2.45) is 5.92 Å². The molecule has 2 aromatic carbocycles. The van der Waals surface area contributed by atoms with Crippen LogP contribution < -0.4 is 10.6 Å². The summed E-state index contributed by atoms with van der Waals surface area (Å²) in [5.74, 6) is 0.338. The van der Waals surface area contributed by atoms with Gasteiger partial charge >= 0.3 is 0 Å². The summed E-state index contributed by atoms with van der Waals surface area (Å²) in [4.78, 5) is 13.8. The zero-order chi connectivity index (χ0) is 13.4. The molecule has 1 unspecified atom stereocenters. The highest BCUT2D eigenvalue weighted by Gasteiger charge is 2.29. The fourth-order valence-electron chi connectivity index (χ4n) is 2.61. The molecule has 0 radical (unpaired) electrons. The molecule has 1 aliphatic rings. The monoisotopic (exact) mass is 252 g/mol. The highest BCUT2D eigenvalue weighted by molar-refractivity contribution is 6.02. The summed E-state index contributed by atoms with van der Waals surface area (Å²) in [7, 11) is 0. The standard InChI is InChI=1S/C16H16N2O/c1-2-11-7-16(19)18(10-11)15-9-13-6-4-3-5-12(13)8-14(15)17/h2-6,8-9,11H,1,7,10,17H2. The van der Waals surface area contributed by atoms with E-state index in [1.54, 1.807) is 4.90 Å². The van der Waals surface area contributed by atoms with Crippen molar-refractivity contribution in [1.29, 1.82) is 0 Å². The van der Waals surface area contributed by atoms with Gasteiger partial charge in [-0.15, -0.1) is 6.58 Å². The van der Waals surface area contributed by atoms with E-state index >= 15 is 0 Å². The molecular weight excluding hydrogens is 236 g/mol. The first-order valence-electron chi connectivity index (χ1n) is 6.40. The molecule has 3 heteroatoms. The Balaban J connectivity index is 2.07. The average Bonchev–Trinajstić information content (AvgIpc) is 2.79. The van der Waals surface area contributed by atoms with Crippen LogP contribution in [0.3, 0.4) is 0 Å². The normalized spacial score (nSPS) is 19.1. The smallest absolute Gasteiger partial charge is 0.227 e. The lowest BCUT2D eigenvalue weighted by Gasteiger charge is -2.19. The molecule has 0 aromatic heterocycles. The highest BCUT2D eigenvalue weighted by Crippen LogP contribution is 2.33. The minimum atomic E-state index is 0.117. The third-order valence-corrected chi connectivity index (χ3v) is 3.67. The maximum Gasteiger partial charge on any atom is 0.227 e. The van der Waals surface area contributed by atoms with Gasteiger partial charge in [0.05, 0.1) is 11.4 Å². The van der Waals surface area contributed by atoms with Crippen molar-refractivity contribution in [3.8, 4) is 0 Å². The van der Waals surface area contributed by atoms with E-state index in [-0.39, 0.29) is 11.8 Å². The lowest BCUT2D eigenvalue weighted by Crippen LogP contribution is -2.25. The number of amides is 1. The van der Waals surface area contributed by atoms with E-state index in [1.165, 1.54) is 0 Å². The molecule has 0 bridgehead atoms. The molecule has 1 heterocycles. The van der Waals surface area contributed by atoms with Crippen LogP contribution in [-0.4, -0.2) is 12.5 Å². The number of nitrogens with zero attached hydrogens (tertiary/aromatic N) is 1. The second-order valence-electron chi connectivity index (χ2n) is 4.96. The third-order valence-electron chi connectivity index (χ3n) is 3.67. The summed E-state index contributed by atoms with van der Waals surface area (Å²) in [5, 5.41) is 2.19. The van der Waals surface area contributed by atoms with Crippen molar-refractivity contribution < 1.29 is 4.79 Å². The maximum atomic E-state index is 12.1. The Morgan fingerprint density at radius 1 is 1.26 bits per heavy atom. The van der Waals surface area contributed by atoms with Gasteiger partial charge in [-0.1, -0.05) is 30.3 Å². The fraction of sp³-hybridized carbons (Fsp3) is 0.188. The molecule has 19 heavy (non-hydrogen) atoms. The van der Waals surface area contributed by atoms with E-state index in [2.05, 4.69) is 6.58 Å². The first kappa shape index (κ1) is 11.8. The molecule has 2 aromatic rings. The molecular formula is C16H16N2O. The first-order valence-corrected chi connectivity index (χ1v) is 6.40. The highest BCUT2D eigenvalue weighted by atomic mass is 16.2. The predicted molar refractivity (Wildman–Crippen MR) is 79.0 cm³/mol. The maximum absolute atomic E-state index is 12.1. The Morgan fingerprint density at radius 2 is 1.95 bits per heavy atom. The van der Waals surface area contributed by atoms with E-state index in [0.29, 0.717) is 18.7 Å². The molecule has 96 valence electrons. The van der Waals surface area contributed by atoms with Gasteiger partial charge < -0.3 is 10.6 Å². The van der Waals surface area contributed by atoms with Gasteiger partial charge in [0, 0.05) is 18.9 Å². The fourth-order valence-corrected chi connectivity index (χ4v) is 2.61. The molecule has 1 aliphatic heterocycles. The number of carbonyl (C=O) groups is 1. The molecule has 0 saturated carbocycles. The van der Waals surface area contributed by atoms with Crippen molar-refractivity contribution in [3.05, 3.63) is 49.1 Å². The summed E-state index contributed by atoms with van der Waals surface area (Å²) < 4.78 is 0. The summed E-state index contributed by atoms with van der Waals surface area (Å²) in [6, 6.07) is 11.9. The van der Waals surface area contributed by atoms with Crippen molar-refractivity contribution in [2.45, 2.75) is 6.42 Å². The number of carbonyl (C=O) groups excluding carboxylic acids is 1. The Morgan fingerprint density at radius 3 is 2.58 bits per heavy atom. The molecule has 1 fully saturated rings. The summed E-state index contributed by atoms with van der Waals surface area (Å²) in [6.07, 6.45) is 2.37. The third kappa shape index (κ3) is 1.97. The van der Waals surface area contributed by atoms with Crippen LogP contribution in [0.15, 0.2) is 49.1 Å². The summed E-state index contributed by atoms with van der Waals surface area (Å²) >= 11 is 0. The van der Waals surface area contributed by atoms with Crippen LogP contribution in [0.4, 0.5) is 11.4 Å². The van der Waals surface area contributed by atoms with Crippen LogP contribution in [0.2, 0.25) is 0 Å². The summed E-state index contributed by atoms with van der Waals surface area (Å²) in [6.45, 7) is 4.44. The van der Waals surface area contributed by atoms with Gasteiger partial charge in [0.2, 0.25) is 5.91 Å². The number of hydrogen-bond donors (Lipinski definition) is 1. The van der Waals surface area contributed by atoms with Crippen LogP contribution in [0, 0.1) is 5.92 Å². The molecule has 1 amide bonds. The number of benzene rings is 2. The Labute approximate surface area is 112 Å². The van der Waals surface area contributed by atoms with E-state index < -0.39 is 0 Å². The van der Waals surface area contributed by atoms with Gasteiger partial charge in [-0.3, -0.25) is 4.79 Å². The first-order chi connectivity index (χ1) is 9.19. The number of fused-ring (bicyclic) bond motifs is 1. The SMILES string of the molecule is C=CC1CC(=O)N(c2cc3ccccc3cc2N)C1. The molecule has 0 aliphatic carbocycles. The van der Waals surface area contributed by atoms with Crippen LogP contribution in [0.1, 0.15) is 6.42 Å². The van der Waals surface area contributed by atoms with Gasteiger partial charge in [0.1, 0.15) is 0 Å². The lowest BCUT2D eigenvalue weighted by molar-refractivity contribution is -0.117. The molecule has 3 nitrogen and oxygen atoms in total. The number of nitrogens with two attached hydrogens (primary N) is 1. The minimum Gasteiger partial charge on any atom is -0.397 e. The van der Waals surface area contributed by atoms with Crippen LogP contribution in [-0.2, 0) is 4.79 Å². The largest absolute Gasteiger partial charge is 0.397 e. The van der Waals surface area contributed by atoms with Gasteiger partial charge in [0.15, 0.2) is 0 Å². The second-order valence-corrected chi connectivity index (χ2v) is 4.96. The van der Waals surface area contributed by atoms with Crippen molar-refractivity contribution in [3.63, 3.8) is 0 Å². The minimum absolute atomic E-state index is 0.117. The van der Waals surface area contributed by atoms with Gasteiger partial charge in [-0.2, -0.15) is 0 Å². The van der Waals surface area contributed by atoms with Crippen molar-refractivity contribution in [2.75, 3.05) is 17.2 Å². The number of nitrogen functional groups attached to an aromatic ring is 1. The van der Waals surface area contributed by atoms with Gasteiger partial charge in [-0.25, -0.2) is 0 Å².